The van der Waals surface area contributed by atoms with Gasteiger partial charge in [-0.3, -0.25) is 9.59 Å². The third kappa shape index (κ3) is 6.42. The summed E-state index contributed by atoms with van der Waals surface area (Å²) in [6.45, 7) is 1.81. The summed E-state index contributed by atoms with van der Waals surface area (Å²) in [6, 6.07) is 0. The van der Waals surface area contributed by atoms with Crippen LogP contribution in [0.3, 0.4) is 0 Å². The Hall–Kier alpha value is -1.10. The van der Waals surface area contributed by atoms with Crippen LogP contribution in [-0.4, -0.2) is 38.7 Å². The van der Waals surface area contributed by atoms with Gasteiger partial charge in [0.2, 0.25) is 5.91 Å². The second-order valence-electron chi connectivity index (χ2n) is 2.94. The van der Waals surface area contributed by atoms with Crippen LogP contribution in [0.15, 0.2) is 0 Å². The minimum absolute atomic E-state index is 0.0545. The summed E-state index contributed by atoms with van der Waals surface area (Å²) in [5.41, 5.74) is 0. The van der Waals surface area contributed by atoms with E-state index in [-0.39, 0.29) is 18.6 Å². The van der Waals surface area contributed by atoms with Gasteiger partial charge in [-0.15, -0.1) is 0 Å². The fraction of sp³-hybridized carbons (Fsp3) is 0.778. The molecule has 0 aromatic heterocycles. The zero-order chi connectivity index (χ0) is 11.0. The quantitative estimate of drug-likeness (QED) is 0.621. The van der Waals surface area contributed by atoms with Crippen molar-refractivity contribution in [3.8, 4) is 0 Å². The SMILES string of the molecule is COC(=O)CNC(=O)CCC(C)OC. The third-order valence-electron chi connectivity index (χ3n) is 1.84. The van der Waals surface area contributed by atoms with E-state index in [4.69, 9.17) is 4.74 Å². The molecular weight excluding hydrogens is 186 g/mol. The van der Waals surface area contributed by atoms with Gasteiger partial charge in [-0.25, -0.2) is 0 Å². The van der Waals surface area contributed by atoms with Crippen LogP contribution >= 0.6 is 0 Å². The van der Waals surface area contributed by atoms with E-state index in [2.05, 4.69) is 10.1 Å². The van der Waals surface area contributed by atoms with Gasteiger partial charge in [0.1, 0.15) is 6.54 Å². The molecule has 82 valence electrons. The number of carbonyl (C=O) groups excluding carboxylic acids is 2. The van der Waals surface area contributed by atoms with Crippen LogP contribution < -0.4 is 5.32 Å². The molecule has 1 unspecified atom stereocenters. The molecule has 0 rings (SSSR count). The number of methoxy groups -OCH3 is 2. The average Bonchev–Trinajstić information content (AvgIpc) is 2.22. The highest BCUT2D eigenvalue weighted by molar-refractivity contribution is 5.81. The summed E-state index contributed by atoms with van der Waals surface area (Å²) >= 11 is 0. The minimum atomic E-state index is -0.446. The summed E-state index contributed by atoms with van der Waals surface area (Å²) in [7, 11) is 2.87. The molecule has 1 amide bonds. The van der Waals surface area contributed by atoms with Gasteiger partial charge < -0.3 is 14.8 Å². The lowest BCUT2D eigenvalue weighted by Gasteiger charge is -2.08. The molecule has 1 N–H and O–H groups in total. The van der Waals surface area contributed by atoms with Gasteiger partial charge >= 0.3 is 5.97 Å². The Morgan fingerprint density at radius 1 is 1.36 bits per heavy atom. The molecule has 0 bridgehead atoms. The van der Waals surface area contributed by atoms with Crippen molar-refractivity contribution < 1.29 is 19.1 Å². The van der Waals surface area contributed by atoms with Crippen LogP contribution in [0.25, 0.3) is 0 Å². The summed E-state index contributed by atoms with van der Waals surface area (Å²) in [5.74, 6) is -0.613. The maximum absolute atomic E-state index is 11.1. The molecule has 5 heteroatoms. The molecule has 0 saturated carbocycles. The number of amides is 1. The maximum atomic E-state index is 11.1. The number of rotatable bonds is 6. The minimum Gasteiger partial charge on any atom is -0.468 e. The van der Waals surface area contributed by atoms with E-state index >= 15 is 0 Å². The monoisotopic (exact) mass is 203 g/mol. The molecule has 0 fully saturated rings. The smallest absolute Gasteiger partial charge is 0.325 e. The maximum Gasteiger partial charge on any atom is 0.325 e. The predicted molar refractivity (Wildman–Crippen MR) is 50.7 cm³/mol. The van der Waals surface area contributed by atoms with E-state index in [0.29, 0.717) is 12.8 Å². The Balaban J connectivity index is 3.51. The van der Waals surface area contributed by atoms with Crippen molar-refractivity contribution >= 4 is 11.9 Å². The van der Waals surface area contributed by atoms with E-state index in [9.17, 15) is 9.59 Å². The highest BCUT2D eigenvalue weighted by Gasteiger charge is 2.07. The highest BCUT2D eigenvalue weighted by atomic mass is 16.5. The standard InChI is InChI=1S/C9H17NO4/c1-7(13-2)4-5-8(11)10-6-9(12)14-3/h7H,4-6H2,1-3H3,(H,10,11). The molecule has 1 atom stereocenters. The van der Waals surface area contributed by atoms with Crippen molar-refractivity contribution in [3.05, 3.63) is 0 Å². The van der Waals surface area contributed by atoms with Gasteiger partial charge in [0.25, 0.3) is 0 Å². The molecule has 0 heterocycles. The summed E-state index contributed by atoms with van der Waals surface area (Å²) in [6.07, 6.45) is 1.05. The number of hydrogen-bond donors (Lipinski definition) is 1. The third-order valence-corrected chi connectivity index (χ3v) is 1.84. The Bertz CT molecular complexity index is 193. The predicted octanol–water partition coefficient (Wildman–Crippen LogP) is 0.0907. The number of ether oxygens (including phenoxy) is 2. The van der Waals surface area contributed by atoms with Crippen LogP contribution in [0.4, 0.5) is 0 Å². The Labute approximate surface area is 83.8 Å². The van der Waals surface area contributed by atoms with Crippen molar-refractivity contribution in [3.63, 3.8) is 0 Å². The van der Waals surface area contributed by atoms with Crippen molar-refractivity contribution in [1.82, 2.24) is 5.32 Å². The second kappa shape index (κ2) is 7.32. The first kappa shape index (κ1) is 12.9. The molecule has 0 aromatic rings. The number of carbonyl (C=O) groups is 2. The fourth-order valence-corrected chi connectivity index (χ4v) is 0.784. The van der Waals surface area contributed by atoms with Gasteiger partial charge in [-0.05, 0) is 13.3 Å². The Kier molecular flexibility index (Phi) is 6.74. The van der Waals surface area contributed by atoms with Crippen LogP contribution in [-0.2, 0) is 19.1 Å². The van der Waals surface area contributed by atoms with Crippen LogP contribution in [0.1, 0.15) is 19.8 Å². The first-order valence-corrected chi connectivity index (χ1v) is 4.46. The molecule has 0 aliphatic carbocycles. The summed E-state index contributed by atoms with van der Waals surface area (Å²) in [4.78, 5) is 21.8. The first-order valence-electron chi connectivity index (χ1n) is 4.46. The molecule has 0 saturated heterocycles. The normalized spacial score (nSPS) is 11.9. The van der Waals surface area contributed by atoms with Crippen molar-refractivity contribution in [2.24, 2.45) is 0 Å². The van der Waals surface area contributed by atoms with Crippen LogP contribution in [0, 0.1) is 0 Å². The molecule has 0 aromatic carbocycles. The molecule has 0 spiro atoms. The lowest BCUT2D eigenvalue weighted by Crippen LogP contribution is -2.30. The van der Waals surface area contributed by atoms with Crippen molar-refractivity contribution in [1.29, 1.82) is 0 Å². The molecule has 0 aliphatic heterocycles. The van der Waals surface area contributed by atoms with Gasteiger partial charge in [-0.2, -0.15) is 0 Å². The summed E-state index contributed by atoms with van der Waals surface area (Å²) < 4.78 is 9.34. The van der Waals surface area contributed by atoms with E-state index in [1.807, 2.05) is 6.92 Å². The molecule has 14 heavy (non-hydrogen) atoms. The van der Waals surface area contributed by atoms with Crippen LogP contribution in [0.2, 0.25) is 0 Å². The topological polar surface area (TPSA) is 64.6 Å². The molecule has 0 aliphatic rings. The molecule has 0 radical (unpaired) electrons. The van der Waals surface area contributed by atoms with Crippen molar-refractivity contribution in [2.75, 3.05) is 20.8 Å². The van der Waals surface area contributed by atoms with E-state index in [1.165, 1.54) is 7.11 Å². The fourth-order valence-electron chi connectivity index (χ4n) is 0.784. The largest absolute Gasteiger partial charge is 0.468 e. The zero-order valence-electron chi connectivity index (χ0n) is 8.83. The van der Waals surface area contributed by atoms with E-state index in [1.54, 1.807) is 7.11 Å². The van der Waals surface area contributed by atoms with Gasteiger partial charge in [0.15, 0.2) is 0 Å². The molecular formula is C9H17NO4. The van der Waals surface area contributed by atoms with Gasteiger partial charge in [0, 0.05) is 13.5 Å². The lowest BCUT2D eigenvalue weighted by molar-refractivity contribution is -0.141. The van der Waals surface area contributed by atoms with Crippen LogP contribution in [0.5, 0.6) is 0 Å². The number of hydrogen-bond acceptors (Lipinski definition) is 4. The number of esters is 1. The molecule has 5 nitrogen and oxygen atoms in total. The lowest BCUT2D eigenvalue weighted by atomic mass is 10.2. The van der Waals surface area contributed by atoms with Gasteiger partial charge in [0.05, 0.1) is 13.2 Å². The van der Waals surface area contributed by atoms with Gasteiger partial charge in [-0.1, -0.05) is 0 Å². The highest BCUT2D eigenvalue weighted by Crippen LogP contribution is 1.99. The zero-order valence-corrected chi connectivity index (χ0v) is 8.83. The second-order valence-corrected chi connectivity index (χ2v) is 2.94. The van der Waals surface area contributed by atoms with Crippen molar-refractivity contribution in [2.45, 2.75) is 25.9 Å². The Morgan fingerprint density at radius 3 is 2.50 bits per heavy atom. The first-order chi connectivity index (χ1) is 6.60. The summed E-state index contributed by atoms with van der Waals surface area (Å²) in [5, 5.41) is 2.44. The van der Waals surface area contributed by atoms with E-state index in [0.717, 1.165) is 0 Å². The number of nitrogens with one attached hydrogen (secondary N) is 1. The Morgan fingerprint density at radius 2 is 2.00 bits per heavy atom. The van der Waals surface area contributed by atoms with E-state index < -0.39 is 5.97 Å². The average molecular weight is 203 g/mol.